The lowest BCUT2D eigenvalue weighted by Gasteiger charge is -2.11. The van der Waals surface area contributed by atoms with Gasteiger partial charge in [-0.15, -0.1) is 11.8 Å². The molecule has 3 nitrogen and oxygen atoms in total. The molecule has 4 heteroatoms. The Morgan fingerprint density at radius 1 is 1.19 bits per heavy atom. The normalized spacial score (nSPS) is 11.0. The Morgan fingerprint density at radius 2 is 1.81 bits per heavy atom. The number of ether oxygens (including phenoxy) is 2. The van der Waals surface area contributed by atoms with E-state index in [1.807, 2.05) is 0 Å². The Labute approximate surface area is 102 Å². The van der Waals surface area contributed by atoms with Crippen LogP contribution in [0, 0.1) is 0 Å². The van der Waals surface area contributed by atoms with E-state index < -0.39 is 0 Å². The molecule has 0 fully saturated rings. The average molecular weight is 242 g/mol. The molecule has 0 amide bonds. The minimum Gasteiger partial charge on any atom is -0.351 e. The van der Waals surface area contributed by atoms with Crippen molar-refractivity contribution in [2.45, 2.75) is 17.7 Å². The van der Waals surface area contributed by atoms with E-state index in [0.717, 1.165) is 13.1 Å². The smallest absolute Gasteiger partial charge is 0.206 e. The van der Waals surface area contributed by atoms with Crippen molar-refractivity contribution < 1.29 is 14.8 Å². The molecule has 0 spiro atoms. The Morgan fingerprint density at radius 3 is 2.31 bits per heavy atom. The molecular weight excluding hydrogens is 222 g/mol. The molecule has 0 heterocycles. The lowest BCUT2D eigenvalue weighted by molar-refractivity contribution is -0.682. The molecule has 0 aliphatic rings. The fraction of sp³-hybridized carbons (Fsp3) is 0.500. The molecule has 90 valence electrons. The SMILES string of the molecule is COC(C[NH2+]Cc1ccc(SC)cc1)OC. The topological polar surface area (TPSA) is 35.1 Å². The molecule has 0 saturated heterocycles. The van der Waals surface area contributed by atoms with Crippen LogP contribution >= 0.6 is 11.8 Å². The highest BCUT2D eigenvalue weighted by Gasteiger charge is 2.06. The molecule has 16 heavy (non-hydrogen) atoms. The first kappa shape index (κ1) is 13.5. The highest BCUT2D eigenvalue weighted by atomic mass is 32.2. The van der Waals surface area contributed by atoms with Gasteiger partial charge in [-0.25, -0.2) is 0 Å². The summed E-state index contributed by atoms with van der Waals surface area (Å²) >= 11 is 1.76. The average Bonchev–Trinajstić information content (AvgIpc) is 2.35. The lowest BCUT2D eigenvalue weighted by atomic mass is 10.2. The van der Waals surface area contributed by atoms with Crippen LogP contribution in [0.5, 0.6) is 0 Å². The molecule has 1 aromatic rings. The van der Waals surface area contributed by atoms with Crippen molar-refractivity contribution in [3.8, 4) is 0 Å². The molecule has 0 aliphatic heterocycles. The molecule has 1 rings (SSSR count). The van der Waals surface area contributed by atoms with Crippen LogP contribution in [-0.4, -0.2) is 33.3 Å². The van der Waals surface area contributed by atoms with Crippen LogP contribution in [-0.2, 0) is 16.0 Å². The number of hydrogen-bond donors (Lipinski definition) is 1. The molecule has 0 saturated carbocycles. The van der Waals surface area contributed by atoms with Gasteiger partial charge in [0.1, 0.15) is 13.1 Å². The van der Waals surface area contributed by atoms with Crippen molar-refractivity contribution in [1.82, 2.24) is 0 Å². The van der Waals surface area contributed by atoms with Gasteiger partial charge in [-0.3, -0.25) is 0 Å². The predicted molar refractivity (Wildman–Crippen MR) is 66.5 cm³/mol. The largest absolute Gasteiger partial charge is 0.351 e. The summed E-state index contributed by atoms with van der Waals surface area (Å²) < 4.78 is 10.2. The van der Waals surface area contributed by atoms with Crippen molar-refractivity contribution in [1.29, 1.82) is 0 Å². The Hall–Kier alpha value is -0.550. The van der Waals surface area contributed by atoms with Gasteiger partial charge in [0.15, 0.2) is 0 Å². The second-order valence-corrected chi connectivity index (χ2v) is 4.36. The van der Waals surface area contributed by atoms with E-state index in [9.17, 15) is 0 Å². The summed E-state index contributed by atoms with van der Waals surface area (Å²) in [6, 6.07) is 8.63. The van der Waals surface area contributed by atoms with Crippen LogP contribution in [0.4, 0.5) is 0 Å². The van der Waals surface area contributed by atoms with Gasteiger partial charge >= 0.3 is 0 Å². The number of nitrogens with two attached hydrogens (primary N) is 1. The summed E-state index contributed by atoms with van der Waals surface area (Å²) in [6.45, 7) is 1.77. The van der Waals surface area contributed by atoms with Gasteiger partial charge in [0.05, 0.1) is 0 Å². The van der Waals surface area contributed by atoms with E-state index in [2.05, 4.69) is 35.8 Å². The predicted octanol–water partition coefficient (Wildman–Crippen LogP) is 1.09. The summed E-state index contributed by atoms with van der Waals surface area (Å²) in [5.41, 5.74) is 1.32. The van der Waals surface area contributed by atoms with Crippen molar-refractivity contribution in [3.05, 3.63) is 29.8 Å². The maximum atomic E-state index is 5.12. The quantitative estimate of drug-likeness (QED) is 0.574. The third-order valence-electron chi connectivity index (χ3n) is 2.42. The van der Waals surface area contributed by atoms with E-state index >= 15 is 0 Å². The fourth-order valence-corrected chi connectivity index (χ4v) is 1.84. The third kappa shape index (κ3) is 4.53. The van der Waals surface area contributed by atoms with Crippen LogP contribution < -0.4 is 5.32 Å². The number of hydrogen-bond acceptors (Lipinski definition) is 3. The zero-order chi connectivity index (χ0) is 11.8. The van der Waals surface area contributed by atoms with Crippen molar-refractivity contribution in [2.24, 2.45) is 0 Å². The molecular formula is C12H20NO2S+. The summed E-state index contributed by atoms with van der Waals surface area (Å²) in [7, 11) is 3.32. The molecule has 1 aromatic carbocycles. The molecule has 0 radical (unpaired) electrons. The monoisotopic (exact) mass is 242 g/mol. The summed E-state index contributed by atoms with van der Waals surface area (Å²) in [5, 5.41) is 2.19. The van der Waals surface area contributed by atoms with Gasteiger partial charge < -0.3 is 14.8 Å². The maximum Gasteiger partial charge on any atom is 0.206 e. The van der Waals surface area contributed by atoms with E-state index in [1.54, 1.807) is 26.0 Å². The van der Waals surface area contributed by atoms with Crippen LogP contribution in [0.25, 0.3) is 0 Å². The van der Waals surface area contributed by atoms with Gasteiger partial charge in [0.2, 0.25) is 6.29 Å². The van der Waals surface area contributed by atoms with Crippen LogP contribution in [0.2, 0.25) is 0 Å². The van der Waals surface area contributed by atoms with Crippen molar-refractivity contribution in [3.63, 3.8) is 0 Å². The second kappa shape index (κ2) is 7.68. The first-order valence-corrected chi connectivity index (χ1v) is 6.52. The molecule has 0 aromatic heterocycles. The van der Waals surface area contributed by atoms with Gasteiger partial charge in [0.25, 0.3) is 0 Å². The van der Waals surface area contributed by atoms with Crippen LogP contribution in [0.1, 0.15) is 5.56 Å². The van der Waals surface area contributed by atoms with E-state index in [-0.39, 0.29) is 6.29 Å². The minimum absolute atomic E-state index is 0.120. The number of thioether (sulfide) groups is 1. The lowest BCUT2D eigenvalue weighted by Crippen LogP contribution is -2.85. The second-order valence-electron chi connectivity index (χ2n) is 3.48. The highest BCUT2D eigenvalue weighted by Crippen LogP contribution is 2.14. The fourth-order valence-electron chi connectivity index (χ4n) is 1.44. The maximum absolute atomic E-state index is 5.12. The van der Waals surface area contributed by atoms with E-state index in [0.29, 0.717) is 0 Å². The van der Waals surface area contributed by atoms with Crippen molar-refractivity contribution >= 4 is 11.8 Å². The number of rotatable bonds is 7. The van der Waals surface area contributed by atoms with E-state index in [1.165, 1.54) is 10.5 Å². The molecule has 0 bridgehead atoms. The van der Waals surface area contributed by atoms with Gasteiger partial charge in [-0.05, 0) is 18.4 Å². The van der Waals surface area contributed by atoms with Crippen LogP contribution in [0.3, 0.4) is 0 Å². The van der Waals surface area contributed by atoms with Gasteiger partial charge in [0, 0.05) is 24.7 Å². The number of benzene rings is 1. The highest BCUT2D eigenvalue weighted by molar-refractivity contribution is 7.98. The van der Waals surface area contributed by atoms with E-state index in [4.69, 9.17) is 9.47 Å². The minimum atomic E-state index is -0.120. The van der Waals surface area contributed by atoms with Crippen LogP contribution in [0.15, 0.2) is 29.2 Å². The first-order valence-electron chi connectivity index (χ1n) is 5.30. The Kier molecular flexibility index (Phi) is 6.49. The molecule has 0 unspecified atom stereocenters. The Bertz CT molecular complexity index is 286. The Balaban J connectivity index is 2.31. The number of quaternary nitrogens is 1. The zero-order valence-electron chi connectivity index (χ0n) is 10.1. The van der Waals surface area contributed by atoms with Crippen molar-refractivity contribution in [2.75, 3.05) is 27.0 Å². The van der Waals surface area contributed by atoms with Gasteiger partial charge in [-0.1, -0.05) is 12.1 Å². The first-order chi connectivity index (χ1) is 7.80. The third-order valence-corrected chi connectivity index (χ3v) is 3.17. The summed E-state index contributed by atoms with van der Waals surface area (Å²) in [5.74, 6) is 0. The molecule has 0 aliphatic carbocycles. The summed E-state index contributed by atoms with van der Waals surface area (Å²) in [6.07, 6.45) is 1.97. The zero-order valence-corrected chi connectivity index (χ0v) is 10.9. The standard InChI is InChI=1S/C12H19NO2S/c1-14-12(15-2)9-13-8-10-4-6-11(16-3)7-5-10/h4-7,12-13H,8-9H2,1-3H3/p+1. The van der Waals surface area contributed by atoms with Gasteiger partial charge in [-0.2, -0.15) is 0 Å². The molecule has 0 atom stereocenters. The summed E-state index contributed by atoms with van der Waals surface area (Å²) in [4.78, 5) is 1.30. The number of methoxy groups -OCH3 is 2. The molecule has 2 N–H and O–H groups in total.